The van der Waals surface area contributed by atoms with Gasteiger partial charge in [-0.3, -0.25) is 4.79 Å². The first-order chi connectivity index (χ1) is 7.09. The first kappa shape index (κ1) is 12.7. The van der Waals surface area contributed by atoms with Crippen molar-refractivity contribution in [2.24, 2.45) is 0 Å². The molecule has 0 fully saturated rings. The Labute approximate surface area is 104 Å². The van der Waals surface area contributed by atoms with Crippen molar-refractivity contribution in [3.8, 4) is 0 Å². The fourth-order valence-electron chi connectivity index (χ4n) is 0.974. The number of carbonyl (C=O) groups excluding carboxylic acids is 1. The number of nitrogens with zero attached hydrogens (tertiary/aromatic N) is 1. The molecule has 0 saturated heterocycles. The maximum Gasteiger partial charge on any atom is 0.140 e. The monoisotopic (exact) mass is 259 g/mol. The molecule has 0 spiro atoms. The highest BCUT2D eigenvalue weighted by Crippen LogP contribution is 2.15. The topological polar surface area (TPSA) is 20.3 Å². The van der Waals surface area contributed by atoms with Crippen molar-refractivity contribution < 1.29 is 4.79 Å². The third kappa shape index (κ3) is 4.77. The number of ketones is 1. The van der Waals surface area contributed by atoms with Crippen LogP contribution in [0, 0.1) is 0 Å². The summed E-state index contributed by atoms with van der Waals surface area (Å²) in [5, 5.41) is 2.05. The molecule has 0 amide bonds. The second-order valence-corrected chi connectivity index (χ2v) is 5.83. The first-order valence-electron chi connectivity index (χ1n) is 4.49. The molecule has 0 aliphatic heterocycles. The number of hydrogen-bond acceptors (Lipinski definition) is 4. The summed E-state index contributed by atoms with van der Waals surface area (Å²) in [4.78, 5) is 14.1. The summed E-state index contributed by atoms with van der Waals surface area (Å²) in [7, 11) is 1.95. The maximum atomic E-state index is 10.8. The number of thiocarbonyl (C=S) groups is 1. The van der Waals surface area contributed by atoms with Gasteiger partial charge in [0.25, 0.3) is 0 Å². The lowest BCUT2D eigenvalue weighted by molar-refractivity contribution is -0.114. The minimum absolute atomic E-state index is 0.159. The van der Waals surface area contributed by atoms with E-state index in [1.165, 1.54) is 16.6 Å². The van der Waals surface area contributed by atoms with E-state index in [0.29, 0.717) is 5.75 Å². The van der Waals surface area contributed by atoms with E-state index in [1.807, 2.05) is 18.0 Å². The van der Waals surface area contributed by atoms with Crippen molar-refractivity contribution in [1.82, 2.24) is 4.90 Å². The Balaban J connectivity index is 2.36. The molecule has 1 rings (SSSR count). The Morgan fingerprint density at radius 3 is 2.93 bits per heavy atom. The van der Waals surface area contributed by atoms with Crippen LogP contribution in [0.25, 0.3) is 0 Å². The minimum Gasteiger partial charge on any atom is -0.355 e. The zero-order valence-electron chi connectivity index (χ0n) is 8.73. The summed E-state index contributed by atoms with van der Waals surface area (Å²) >= 11 is 8.35. The molecule has 2 nitrogen and oxygen atoms in total. The Bertz CT molecular complexity index is 334. The molecule has 15 heavy (non-hydrogen) atoms. The van der Waals surface area contributed by atoms with Gasteiger partial charge in [0.1, 0.15) is 10.1 Å². The smallest absolute Gasteiger partial charge is 0.140 e. The van der Waals surface area contributed by atoms with Crippen LogP contribution in [0.2, 0.25) is 0 Å². The number of thioether (sulfide) groups is 1. The summed E-state index contributed by atoms with van der Waals surface area (Å²) in [5.41, 5.74) is 0. The number of Topliss-reactive ketones (excluding diaryl/α,β-unsaturated/α-hetero) is 1. The van der Waals surface area contributed by atoms with Crippen LogP contribution in [-0.4, -0.2) is 27.8 Å². The van der Waals surface area contributed by atoms with Crippen molar-refractivity contribution >= 4 is 45.4 Å². The summed E-state index contributed by atoms with van der Waals surface area (Å²) in [5.74, 6) is 0.625. The quantitative estimate of drug-likeness (QED) is 0.775. The number of thiophene rings is 1. The van der Waals surface area contributed by atoms with E-state index in [0.717, 1.165) is 10.9 Å². The third-order valence-corrected chi connectivity index (χ3v) is 4.32. The van der Waals surface area contributed by atoms with Gasteiger partial charge in [-0.05, 0) is 18.4 Å². The van der Waals surface area contributed by atoms with Crippen LogP contribution in [-0.2, 0) is 11.3 Å². The van der Waals surface area contributed by atoms with Crippen LogP contribution in [0.1, 0.15) is 11.8 Å². The number of hydrogen-bond donors (Lipinski definition) is 0. The van der Waals surface area contributed by atoms with Crippen molar-refractivity contribution in [3.63, 3.8) is 0 Å². The van der Waals surface area contributed by atoms with Gasteiger partial charge in [0.05, 0.1) is 12.3 Å². The van der Waals surface area contributed by atoms with Crippen LogP contribution >= 0.6 is 35.3 Å². The maximum absolute atomic E-state index is 10.8. The Morgan fingerprint density at radius 2 is 2.40 bits per heavy atom. The van der Waals surface area contributed by atoms with Crippen molar-refractivity contribution in [2.45, 2.75) is 13.5 Å². The molecule has 82 valence electrons. The molecule has 0 saturated carbocycles. The first-order valence-corrected chi connectivity index (χ1v) is 6.76. The van der Waals surface area contributed by atoms with Gasteiger partial charge in [-0.2, -0.15) is 0 Å². The lowest BCUT2D eigenvalue weighted by Crippen LogP contribution is -2.22. The van der Waals surface area contributed by atoms with E-state index in [2.05, 4.69) is 11.4 Å². The second kappa shape index (κ2) is 6.25. The van der Waals surface area contributed by atoms with E-state index in [1.54, 1.807) is 18.3 Å². The number of rotatable bonds is 4. The summed E-state index contributed by atoms with van der Waals surface area (Å²) in [6.07, 6.45) is 0. The molecular weight excluding hydrogens is 246 g/mol. The summed E-state index contributed by atoms with van der Waals surface area (Å²) in [6, 6.07) is 4.11. The van der Waals surface area contributed by atoms with Crippen LogP contribution in [0.5, 0.6) is 0 Å². The van der Waals surface area contributed by atoms with Crippen LogP contribution in [0.4, 0.5) is 0 Å². The van der Waals surface area contributed by atoms with E-state index in [9.17, 15) is 4.79 Å². The van der Waals surface area contributed by atoms with Gasteiger partial charge in [0, 0.05) is 11.9 Å². The largest absolute Gasteiger partial charge is 0.355 e. The molecule has 1 aromatic heterocycles. The highest BCUT2D eigenvalue weighted by Gasteiger charge is 2.07. The van der Waals surface area contributed by atoms with E-state index >= 15 is 0 Å². The molecule has 0 bridgehead atoms. The highest BCUT2D eigenvalue weighted by atomic mass is 32.2. The lowest BCUT2D eigenvalue weighted by Gasteiger charge is -2.17. The molecular formula is C10H13NOS3. The van der Waals surface area contributed by atoms with Crippen LogP contribution in [0.3, 0.4) is 0 Å². The molecule has 0 aliphatic carbocycles. The Morgan fingerprint density at radius 1 is 1.67 bits per heavy atom. The SMILES string of the molecule is CC(=O)CSC(=S)N(C)Cc1cccs1. The molecule has 1 heterocycles. The third-order valence-electron chi connectivity index (χ3n) is 1.68. The zero-order chi connectivity index (χ0) is 11.3. The average molecular weight is 259 g/mol. The standard InChI is InChI=1S/C10H13NOS3/c1-8(12)7-15-10(13)11(2)6-9-4-3-5-14-9/h3-5H,6-7H2,1-2H3. The molecule has 0 atom stereocenters. The van der Waals surface area contributed by atoms with Crippen LogP contribution in [0.15, 0.2) is 17.5 Å². The second-order valence-electron chi connectivity index (χ2n) is 3.19. The molecule has 5 heteroatoms. The van der Waals surface area contributed by atoms with Crippen molar-refractivity contribution in [2.75, 3.05) is 12.8 Å². The average Bonchev–Trinajstić information content (AvgIpc) is 2.66. The summed E-state index contributed by atoms with van der Waals surface area (Å²) < 4.78 is 0.776. The van der Waals surface area contributed by atoms with Crippen LogP contribution < -0.4 is 0 Å². The number of carbonyl (C=O) groups is 1. The van der Waals surface area contributed by atoms with Gasteiger partial charge in [-0.15, -0.1) is 11.3 Å². The molecule has 0 aliphatic rings. The predicted octanol–water partition coefficient (Wildman–Crippen LogP) is 2.79. The van der Waals surface area contributed by atoms with Gasteiger partial charge in [-0.1, -0.05) is 30.0 Å². The van der Waals surface area contributed by atoms with Gasteiger partial charge in [-0.25, -0.2) is 0 Å². The van der Waals surface area contributed by atoms with E-state index in [4.69, 9.17) is 12.2 Å². The zero-order valence-corrected chi connectivity index (χ0v) is 11.2. The van der Waals surface area contributed by atoms with Gasteiger partial charge < -0.3 is 4.90 Å². The van der Waals surface area contributed by atoms with Crippen molar-refractivity contribution in [1.29, 1.82) is 0 Å². The predicted molar refractivity (Wildman–Crippen MR) is 71.5 cm³/mol. The van der Waals surface area contributed by atoms with E-state index < -0.39 is 0 Å². The Kier molecular flexibility index (Phi) is 5.28. The summed E-state index contributed by atoms with van der Waals surface area (Å²) in [6.45, 7) is 2.40. The molecule has 0 radical (unpaired) electrons. The van der Waals surface area contributed by atoms with Gasteiger partial charge >= 0.3 is 0 Å². The fraction of sp³-hybridized carbons (Fsp3) is 0.400. The Hall–Kier alpha value is -0.390. The van der Waals surface area contributed by atoms with Gasteiger partial charge in [0.15, 0.2) is 0 Å². The lowest BCUT2D eigenvalue weighted by atomic mass is 10.4. The molecule has 1 aromatic rings. The molecule has 0 aromatic carbocycles. The van der Waals surface area contributed by atoms with Crippen molar-refractivity contribution in [3.05, 3.63) is 22.4 Å². The fourth-order valence-corrected chi connectivity index (χ4v) is 2.58. The molecule has 0 N–H and O–H groups in total. The highest BCUT2D eigenvalue weighted by molar-refractivity contribution is 8.23. The van der Waals surface area contributed by atoms with Gasteiger partial charge in [0.2, 0.25) is 0 Å². The minimum atomic E-state index is 0.159. The normalized spacial score (nSPS) is 10.0. The molecule has 0 unspecified atom stereocenters. The van der Waals surface area contributed by atoms with E-state index in [-0.39, 0.29) is 5.78 Å².